The molecule has 0 fully saturated rings. The number of ether oxygens (including phenoxy) is 2. The number of esters is 2. The van der Waals surface area contributed by atoms with Gasteiger partial charge in [-0.2, -0.15) is 0 Å². The molecular formula is C61H110NO8P. The molecule has 0 aliphatic rings. The van der Waals surface area contributed by atoms with Crippen molar-refractivity contribution in [3.63, 3.8) is 0 Å². The average Bonchev–Trinajstić information content (AvgIpc) is 3.36. The van der Waals surface area contributed by atoms with Crippen molar-refractivity contribution in [2.75, 3.05) is 26.4 Å². The average molecular weight is 1020 g/mol. The normalized spacial score (nSPS) is 13.6. The van der Waals surface area contributed by atoms with E-state index in [0.717, 1.165) is 83.5 Å². The van der Waals surface area contributed by atoms with E-state index in [-0.39, 0.29) is 38.6 Å². The van der Waals surface area contributed by atoms with Gasteiger partial charge in [-0.3, -0.25) is 18.6 Å². The summed E-state index contributed by atoms with van der Waals surface area (Å²) in [7, 11) is -4.40. The van der Waals surface area contributed by atoms with Crippen molar-refractivity contribution in [2.45, 2.75) is 277 Å². The standard InChI is InChI=1S/C61H110NO8P/c1-3-5-7-9-11-13-15-17-19-21-23-25-27-28-29-30-32-33-35-37-39-41-43-45-47-49-51-53-60(63)67-57-59(58-69-71(65,66)68-56-55-62)70-61(64)54-52-50-48-46-44-42-40-38-36-34-31-26-24-22-20-18-16-14-12-10-8-6-4-2/h6,8,12,14,18,20,24,26,34,36,40,42,59H,3-5,7,9-11,13,15-17,19,21-23,25,27-33,35,37-39,41,43-58,62H2,1-2H3,(H,65,66)/b8-6-,14-12-,20-18-,26-24-,36-34-,42-40-. The summed E-state index contributed by atoms with van der Waals surface area (Å²) in [6, 6.07) is 0. The molecule has 0 aromatic heterocycles. The summed E-state index contributed by atoms with van der Waals surface area (Å²) in [6.45, 7) is 3.63. The summed E-state index contributed by atoms with van der Waals surface area (Å²) in [5, 5.41) is 0. The zero-order chi connectivity index (χ0) is 51.7. The Balaban J connectivity index is 3.99. The van der Waals surface area contributed by atoms with E-state index >= 15 is 0 Å². The number of unbranched alkanes of at least 4 members (excludes halogenated alkanes) is 30. The number of phosphoric ester groups is 1. The number of hydrogen-bond acceptors (Lipinski definition) is 8. The molecule has 0 rings (SSSR count). The Morgan fingerprint density at radius 1 is 0.437 bits per heavy atom. The lowest BCUT2D eigenvalue weighted by molar-refractivity contribution is -0.161. The molecule has 0 aromatic carbocycles. The second kappa shape index (κ2) is 56.7. The van der Waals surface area contributed by atoms with Crippen LogP contribution >= 0.6 is 7.82 Å². The molecule has 10 heteroatoms. The highest BCUT2D eigenvalue weighted by Crippen LogP contribution is 2.43. The van der Waals surface area contributed by atoms with Gasteiger partial charge in [0.05, 0.1) is 13.2 Å². The fourth-order valence-electron chi connectivity index (χ4n) is 8.29. The van der Waals surface area contributed by atoms with Gasteiger partial charge in [0.1, 0.15) is 6.61 Å². The van der Waals surface area contributed by atoms with Crippen LogP contribution in [0.5, 0.6) is 0 Å². The van der Waals surface area contributed by atoms with E-state index in [9.17, 15) is 19.0 Å². The molecule has 0 aromatic rings. The third-order valence-electron chi connectivity index (χ3n) is 12.6. The maximum absolute atomic E-state index is 12.7. The van der Waals surface area contributed by atoms with Crippen LogP contribution in [0.1, 0.15) is 271 Å². The van der Waals surface area contributed by atoms with Crippen LogP contribution in [-0.2, 0) is 32.7 Å². The second-order valence-electron chi connectivity index (χ2n) is 19.5. The minimum atomic E-state index is -4.40. The Hall–Kier alpha value is -2.55. The molecule has 3 N–H and O–H groups in total. The molecule has 0 aliphatic carbocycles. The second-order valence-corrected chi connectivity index (χ2v) is 20.9. The maximum Gasteiger partial charge on any atom is 0.472 e. The molecule has 0 saturated heterocycles. The van der Waals surface area contributed by atoms with Gasteiger partial charge in [-0.05, 0) is 64.2 Å². The van der Waals surface area contributed by atoms with Gasteiger partial charge in [-0.1, -0.05) is 267 Å². The number of hydrogen-bond donors (Lipinski definition) is 2. The molecular weight excluding hydrogens is 906 g/mol. The van der Waals surface area contributed by atoms with Crippen LogP contribution in [0.25, 0.3) is 0 Å². The van der Waals surface area contributed by atoms with Crippen molar-refractivity contribution in [3.05, 3.63) is 72.9 Å². The van der Waals surface area contributed by atoms with Gasteiger partial charge in [-0.25, -0.2) is 4.57 Å². The largest absolute Gasteiger partial charge is 0.472 e. The lowest BCUT2D eigenvalue weighted by atomic mass is 10.0. The van der Waals surface area contributed by atoms with E-state index < -0.39 is 26.5 Å². The number of carbonyl (C=O) groups excluding carboxylic acids is 2. The lowest BCUT2D eigenvalue weighted by Crippen LogP contribution is -2.29. The molecule has 0 bridgehead atoms. The highest BCUT2D eigenvalue weighted by atomic mass is 31.2. The Kier molecular flexibility index (Phi) is 54.7. The van der Waals surface area contributed by atoms with E-state index in [1.165, 1.54) is 154 Å². The summed E-state index contributed by atoms with van der Waals surface area (Å²) in [5.74, 6) is -0.850. The van der Waals surface area contributed by atoms with E-state index in [2.05, 4.69) is 86.8 Å². The highest BCUT2D eigenvalue weighted by molar-refractivity contribution is 7.47. The first-order valence-corrected chi connectivity index (χ1v) is 30.9. The smallest absolute Gasteiger partial charge is 0.462 e. The summed E-state index contributed by atoms with van der Waals surface area (Å²) < 4.78 is 33.0. The minimum absolute atomic E-state index is 0.0466. The number of rotatable bonds is 55. The fraction of sp³-hybridized carbons (Fsp3) is 0.770. The summed E-state index contributed by atoms with van der Waals surface area (Å²) in [4.78, 5) is 35.2. The van der Waals surface area contributed by atoms with E-state index in [0.29, 0.717) is 6.42 Å². The molecule has 412 valence electrons. The third kappa shape index (κ3) is 56.6. The first-order valence-electron chi connectivity index (χ1n) is 29.4. The Morgan fingerprint density at radius 2 is 0.775 bits per heavy atom. The maximum atomic E-state index is 12.7. The van der Waals surface area contributed by atoms with Crippen LogP contribution in [0.15, 0.2) is 72.9 Å². The molecule has 71 heavy (non-hydrogen) atoms. The summed E-state index contributed by atoms with van der Waals surface area (Å²) >= 11 is 0. The topological polar surface area (TPSA) is 134 Å². The highest BCUT2D eigenvalue weighted by Gasteiger charge is 2.26. The van der Waals surface area contributed by atoms with E-state index in [1.807, 2.05) is 0 Å². The van der Waals surface area contributed by atoms with Crippen molar-refractivity contribution in [1.82, 2.24) is 0 Å². The van der Waals surface area contributed by atoms with Crippen molar-refractivity contribution in [2.24, 2.45) is 5.73 Å². The first kappa shape index (κ1) is 68.5. The quantitative estimate of drug-likeness (QED) is 0.0264. The van der Waals surface area contributed by atoms with Gasteiger partial charge in [0.2, 0.25) is 0 Å². The number of carbonyl (C=O) groups is 2. The van der Waals surface area contributed by atoms with Gasteiger partial charge in [0, 0.05) is 19.4 Å². The molecule has 2 atom stereocenters. The SMILES string of the molecule is CC/C=C\C/C=C\C/C=C\C/C=C\C/C=C\C/C=C\CCCCCCC(=O)OC(COC(=O)CCCCCCCCCCCCCCCCCCCCCCCCCCCCC)COP(=O)(O)OCCN. The lowest BCUT2D eigenvalue weighted by Gasteiger charge is -2.19. The van der Waals surface area contributed by atoms with E-state index in [1.54, 1.807) is 0 Å². The van der Waals surface area contributed by atoms with Gasteiger partial charge < -0.3 is 20.1 Å². The number of allylic oxidation sites excluding steroid dienone is 12. The van der Waals surface area contributed by atoms with Crippen LogP contribution < -0.4 is 5.73 Å². The number of nitrogens with two attached hydrogens (primary N) is 1. The number of phosphoric acid groups is 1. The van der Waals surface area contributed by atoms with Crippen LogP contribution in [0.3, 0.4) is 0 Å². The van der Waals surface area contributed by atoms with Crippen LogP contribution in [0, 0.1) is 0 Å². The summed E-state index contributed by atoms with van der Waals surface area (Å²) in [6.07, 6.45) is 72.5. The molecule has 9 nitrogen and oxygen atoms in total. The first-order chi connectivity index (χ1) is 34.8. The Labute approximate surface area is 437 Å². The molecule has 0 aliphatic heterocycles. The molecule has 0 radical (unpaired) electrons. The van der Waals surface area contributed by atoms with Crippen LogP contribution in [-0.4, -0.2) is 49.3 Å². The predicted molar refractivity (Wildman–Crippen MR) is 302 cm³/mol. The van der Waals surface area contributed by atoms with E-state index in [4.69, 9.17) is 24.3 Å². The summed E-state index contributed by atoms with van der Waals surface area (Å²) in [5.41, 5.74) is 5.38. The van der Waals surface area contributed by atoms with Gasteiger partial charge in [0.15, 0.2) is 6.10 Å². The Bertz CT molecular complexity index is 1390. The van der Waals surface area contributed by atoms with Crippen molar-refractivity contribution in [1.29, 1.82) is 0 Å². The molecule has 0 spiro atoms. The zero-order valence-corrected chi connectivity index (χ0v) is 46.8. The molecule has 0 saturated carbocycles. The van der Waals surface area contributed by atoms with Gasteiger partial charge in [0.25, 0.3) is 0 Å². The molecule has 0 heterocycles. The van der Waals surface area contributed by atoms with Crippen molar-refractivity contribution in [3.8, 4) is 0 Å². The van der Waals surface area contributed by atoms with Crippen molar-refractivity contribution >= 4 is 19.8 Å². The predicted octanol–water partition coefficient (Wildman–Crippen LogP) is 18.5. The molecule has 0 amide bonds. The van der Waals surface area contributed by atoms with Crippen LogP contribution in [0.4, 0.5) is 0 Å². The minimum Gasteiger partial charge on any atom is -0.462 e. The third-order valence-corrected chi connectivity index (χ3v) is 13.6. The fourth-order valence-corrected chi connectivity index (χ4v) is 9.05. The Morgan fingerprint density at radius 3 is 1.15 bits per heavy atom. The molecule has 2 unspecified atom stereocenters. The van der Waals surface area contributed by atoms with Gasteiger partial charge in [-0.15, -0.1) is 0 Å². The monoisotopic (exact) mass is 1020 g/mol. The van der Waals surface area contributed by atoms with Crippen molar-refractivity contribution < 1.29 is 37.6 Å². The van der Waals surface area contributed by atoms with Gasteiger partial charge >= 0.3 is 19.8 Å². The zero-order valence-electron chi connectivity index (χ0n) is 45.9. The van der Waals surface area contributed by atoms with Crippen LogP contribution in [0.2, 0.25) is 0 Å².